The van der Waals surface area contributed by atoms with Crippen LogP contribution >= 0.6 is 0 Å². The maximum Gasteiger partial charge on any atom is 0.327 e. The van der Waals surface area contributed by atoms with E-state index in [2.05, 4.69) is 29.0 Å². The number of aromatic nitrogens is 3. The molecule has 2 fully saturated rings. The first-order valence-electron chi connectivity index (χ1n) is 10.2. The van der Waals surface area contributed by atoms with E-state index in [1.807, 2.05) is 35.0 Å². The van der Waals surface area contributed by atoms with Gasteiger partial charge in [-0.1, -0.05) is 48.2 Å². The number of carbonyl (C=O) groups is 2. The number of hydrogen-bond acceptors (Lipinski definition) is 4. The van der Waals surface area contributed by atoms with Gasteiger partial charge in [0.25, 0.3) is 0 Å². The fourth-order valence-electron chi connectivity index (χ4n) is 3.98. The Balaban J connectivity index is 1.42. The van der Waals surface area contributed by atoms with Crippen molar-refractivity contribution in [1.29, 1.82) is 0 Å². The van der Waals surface area contributed by atoms with Crippen molar-refractivity contribution in [3.05, 3.63) is 54.1 Å². The second kappa shape index (κ2) is 7.09. The zero-order valence-corrected chi connectivity index (χ0v) is 16.9. The van der Waals surface area contributed by atoms with Gasteiger partial charge in [0.15, 0.2) is 0 Å². The number of carbonyl (C=O) groups excluding carboxylic acids is 2. The van der Waals surface area contributed by atoms with Crippen LogP contribution in [0.25, 0.3) is 28.2 Å². The van der Waals surface area contributed by atoms with E-state index in [1.54, 1.807) is 4.90 Å². The third-order valence-electron chi connectivity index (χ3n) is 5.95. The Labute approximate surface area is 174 Å². The SMILES string of the molecule is C=Cc1c(-c2ccc(CN3CC(=O)N(C)C3=O)cc2)ccc2c1nnn2CC1CC1. The molecule has 2 aliphatic rings. The average molecular weight is 401 g/mol. The fourth-order valence-corrected chi connectivity index (χ4v) is 3.98. The van der Waals surface area contributed by atoms with Gasteiger partial charge in [-0.15, -0.1) is 5.10 Å². The summed E-state index contributed by atoms with van der Waals surface area (Å²) in [5, 5.41) is 8.79. The molecule has 2 heterocycles. The number of amides is 3. The van der Waals surface area contributed by atoms with E-state index in [9.17, 15) is 9.59 Å². The molecule has 7 heteroatoms. The van der Waals surface area contributed by atoms with Gasteiger partial charge in [0.05, 0.1) is 5.52 Å². The summed E-state index contributed by atoms with van der Waals surface area (Å²) in [4.78, 5) is 26.5. The van der Waals surface area contributed by atoms with E-state index in [0.29, 0.717) is 6.54 Å². The Morgan fingerprint density at radius 2 is 1.90 bits per heavy atom. The lowest BCUT2D eigenvalue weighted by molar-refractivity contribution is -0.124. The number of rotatable bonds is 6. The molecule has 2 aromatic carbocycles. The van der Waals surface area contributed by atoms with Crippen molar-refractivity contribution in [3.8, 4) is 11.1 Å². The monoisotopic (exact) mass is 401 g/mol. The molecule has 3 amide bonds. The predicted molar refractivity (Wildman–Crippen MR) is 114 cm³/mol. The topological polar surface area (TPSA) is 71.3 Å². The summed E-state index contributed by atoms with van der Waals surface area (Å²) in [6.07, 6.45) is 4.38. The van der Waals surface area contributed by atoms with Crippen LogP contribution in [0.5, 0.6) is 0 Å². The maximum atomic E-state index is 12.1. The standard InChI is InChI=1S/C23H23N5O2/c1-3-18-19(10-11-20-22(18)24-25-28(20)13-16-4-5-16)17-8-6-15(7-9-17)12-27-14-21(29)26(2)23(27)30/h3,6-11,16H,1,4-5,12-14H2,2H3. The highest BCUT2D eigenvalue weighted by molar-refractivity contribution is 6.01. The first-order valence-corrected chi connectivity index (χ1v) is 10.2. The molecule has 7 nitrogen and oxygen atoms in total. The average Bonchev–Trinajstić information content (AvgIpc) is 3.44. The molecule has 30 heavy (non-hydrogen) atoms. The second-order valence-corrected chi connectivity index (χ2v) is 8.10. The lowest BCUT2D eigenvalue weighted by atomic mass is 9.97. The van der Waals surface area contributed by atoms with Crippen molar-refractivity contribution >= 4 is 29.0 Å². The first-order chi connectivity index (χ1) is 14.5. The molecule has 0 spiro atoms. The van der Waals surface area contributed by atoms with E-state index in [1.165, 1.54) is 19.9 Å². The third kappa shape index (κ3) is 3.16. The van der Waals surface area contributed by atoms with Crippen LogP contribution in [-0.4, -0.2) is 50.3 Å². The van der Waals surface area contributed by atoms with Crippen molar-refractivity contribution < 1.29 is 9.59 Å². The summed E-state index contributed by atoms with van der Waals surface area (Å²) in [5.41, 5.74) is 5.97. The molecule has 1 aliphatic heterocycles. The summed E-state index contributed by atoms with van der Waals surface area (Å²) in [6.45, 7) is 5.47. The molecule has 1 aliphatic carbocycles. The molecular formula is C23H23N5O2. The van der Waals surface area contributed by atoms with Gasteiger partial charge in [0, 0.05) is 25.7 Å². The second-order valence-electron chi connectivity index (χ2n) is 8.10. The van der Waals surface area contributed by atoms with E-state index in [-0.39, 0.29) is 18.5 Å². The van der Waals surface area contributed by atoms with Crippen LogP contribution in [0.15, 0.2) is 43.0 Å². The molecule has 0 unspecified atom stereocenters. The van der Waals surface area contributed by atoms with E-state index < -0.39 is 0 Å². The molecule has 0 N–H and O–H groups in total. The summed E-state index contributed by atoms with van der Waals surface area (Å²) in [5.74, 6) is 0.558. The molecule has 3 aromatic rings. The van der Waals surface area contributed by atoms with Crippen molar-refractivity contribution in [2.24, 2.45) is 5.92 Å². The molecular weight excluding hydrogens is 378 g/mol. The van der Waals surface area contributed by atoms with E-state index in [4.69, 9.17) is 0 Å². The number of likely N-dealkylation sites (N-methyl/N-ethyl adjacent to an activating group) is 1. The minimum atomic E-state index is -0.252. The van der Waals surface area contributed by atoms with Crippen LogP contribution < -0.4 is 0 Å². The van der Waals surface area contributed by atoms with Gasteiger partial charge in [0.2, 0.25) is 5.91 Å². The Hall–Kier alpha value is -3.48. The number of urea groups is 1. The zero-order valence-electron chi connectivity index (χ0n) is 16.9. The van der Waals surface area contributed by atoms with Gasteiger partial charge < -0.3 is 4.90 Å². The van der Waals surface area contributed by atoms with Crippen LogP contribution in [0, 0.1) is 5.92 Å². The zero-order chi connectivity index (χ0) is 20.8. The van der Waals surface area contributed by atoms with Crippen molar-refractivity contribution in [2.75, 3.05) is 13.6 Å². The van der Waals surface area contributed by atoms with Gasteiger partial charge >= 0.3 is 6.03 Å². The summed E-state index contributed by atoms with van der Waals surface area (Å²) >= 11 is 0. The highest BCUT2D eigenvalue weighted by atomic mass is 16.2. The van der Waals surface area contributed by atoms with Gasteiger partial charge in [-0.2, -0.15) is 0 Å². The summed E-state index contributed by atoms with van der Waals surface area (Å²) in [6, 6.07) is 12.0. The van der Waals surface area contributed by atoms with Crippen molar-refractivity contribution in [2.45, 2.75) is 25.9 Å². The molecule has 1 aromatic heterocycles. The smallest absolute Gasteiger partial charge is 0.311 e. The highest BCUT2D eigenvalue weighted by Crippen LogP contribution is 2.34. The van der Waals surface area contributed by atoms with Crippen LogP contribution in [-0.2, 0) is 17.9 Å². The number of imide groups is 1. The quantitative estimate of drug-likeness (QED) is 0.592. The van der Waals surface area contributed by atoms with Crippen LogP contribution in [0.3, 0.4) is 0 Å². The largest absolute Gasteiger partial charge is 0.327 e. The number of nitrogens with zero attached hydrogens (tertiary/aromatic N) is 5. The van der Waals surface area contributed by atoms with Crippen molar-refractivity contribution in [3.63, 3.8) is 0 Å². The van der Waals surface area contributed by atoms with Crippen LogP contribution in [0.4, 0.5) is 4.79 Å². The predicted octanol–water partition coefficient (Wildman–Crippen LogP) is 3.55. The number of hydrogen-bond donors (Lipinski definition) is 0. The van der Waals surface area contributed by atoms with E-state index >= 15 is 0 Å². The van der Waals surface area contributed by atoms with Gasteiger partial charge in [-0.3, -0.25) is 9.69 Å². The molecule has 0 atom stereocenters. The lowest BCUT2D eigenvalue weighted by Crippen LogP contribution is -2.29. The third-order valence-corrected chi connectivity index (χ3v) is 5.95. The molecule has 0 bridgehead atoms. The molecule has 152 valence electrons. The number of benzene rings is 2. The van der Waals surface area contributed by atoms with Gasteiger partial charge in [-0.25, -0.2) is 9.48 Å². The first kappa shape index (κ1) is 18.5. The normalized spacial score (nSPS) is 16.7. The Morgan fingerprint density at radius 3 is 2.53 bits per heavy atom. The Bertz CT molecular complexity index is 1160. The van der Waals surface area contributed by atoms with Crippen LogP contribution in [0.2, 0.25) is 0 Å². The lowest BCUT2D eigenvalue weighted by Gasteiger charge is -2.15. The number of fused-ring (bicyclic) bond motifs is 1. The summed E-state index contributed by atoms with van der Waals surface area (Å²) < 4.78 is 2.00. The highest BCUT2D eigenvalue weighted by Gasteiger charge is 2.32. The Morgan fingerprint density at radius 1 is 1.13 bits per heavy atom. The minimum absolute atomic E-state index is 0.130. The van der Waals surface area contributed by atoms with Crippen molar-refractivity contribution in [1.82, 2.24) is 24.8 Å². The van der Waals surface area contributed by atoms with Gasteiger partial charge in [0.1, 0.15) is 12.1 Å². The molecule has 5 rings (SSSR count). The van der Waals surface area contributed by atoms with E-state index in [0.717, 1.165) is 50.6 Å². The Kier molecular flexibility index (Phi) is 4.38. The minimum Gasteiger partial charge on any atom is -0.311 e. The fraction of sp³-hybridized carbons (Fsp3) is 0.304. The van der Waals surface area contributed by atoms with Gasteiger partial charge in [-0.05, 0) is 41.5 Å². The van der Waals surface area contributed by atoms with Crippen LogP contribution in [0.1, 0.15) is 24.0 Å². The molecule has 0 radical (unpaired) electrons. The molecule has 1 saturated carbocycles. The molecule has 1 saturated heterocycles. The summed E-state index contributed by atoms with van der Waals surface area (Å²) in [7, 11) is 1.52. The maximum absolute atomic E-state index is 12.1.